The van der Waals surface area contributed by atoms with Crippen molar-refractivity contribution in [1.29, 1.82) is 0 Å². The Kier molecular flexibility index (Phi) is 9.04. The van der Waals surface area contributed by atoms with Crippen molar-refractivity contribution in [2.75, 3.05) is 11.3 Å². The molecular formula is C29H26N4O3S. The summed E-state index contributed by atoms with van der Waals surface area (Å²) in [6.07, 6.45) is 4.39. The van der Waals surface area contributed by atoms with Gasteiger partial charge in [0.05, 0.1) is 16.8 Å². The molecule has 1 aromatic heterocycles. The van der Waals surface area contributed by atoms with Gasteiger partial charge in [-0.25, -0.2) is 9.79 Å². The Hall–Kier alpha value is -4.43. The molecule has 0 fully saturated rings. The third-order valence-electron chi connectivity index (χ3n) is 5.16. The van der Waals surface area contributed by atoms with E-state index in [1.165, 1.54) is 17.8 Å². The number of para-hydroxylation sites is 1. The maximum absolute atomic E-state index is 12.4. The largest absolute Gasteiger partial charge is 0.451 e. The van der Waals surface area contributed by atoms with Gasteiger partial charge in [-0.3, -0.25) is 9.78 Å². The summed E-state index contributed by atoms with van der Waals surface area (Å²) in [6.45, 7) is 1.77. The number of carbonyl (C=O) groups excluding carboxylic acids is 2. The Morgan fingerprint density at radius 2 is 1.70 bits per heavy atom. The van der Waals surface area contributed by atoms with E-state index in [0.717, 1.165) is 22.2 Å². The quantitative estimate of drug-likeness (QED) is 0.103. The number of aromatic nitrogens is 1. The summed E-state index contributed by atoms with van der Waals surface area (Å²) in [5.41, 5.74) is 2.93. The second-order valence-corrected chi connectivity index (χ2v) is 8.84. The monoisotopic (exact) mass is 510 g/mol. The predicted octanol–water partition coefficient (Wildman–Crippen LogP) is 5.73. The zero-order valence-corrected chi connectivity index (χ0v) is 21.0. The van der Waals surface area contributed by atoms with E-state index in [9.17, 15) is 9.59 Å². The number of nitrogens with one attached hydrogen (secondary N) is 2. The fourth-order valence-corrected chi connectivity index (χ4v) is 4.11. The van der Waals surface area contributed by atoms with Gasteiger partial charge in [0, 0.05) is 17.7 Å². The Morgan fingerprint density at radius 3 is 2.49 bits per heavy atom. The summed E-state index contributed by atoms with van der Waals surface area (Å²) in [5, 5.41) is 7.57. The molecule has 1 unspecified atom stereocenters. The first-order valence-electron chi connectivity index (χ1n) is 11.7. The molecule has 0 saturated carbocycles. The average molecular weight is 511 g/mol. The number of benzene rings is 3. The van der Waals surface area contributed by atoms with E-state index in [1.54, 1.807) is 43.5 Å². The maximum Gasteiger partial charge on any atom is 0.338 e. The van der Waals surface area contributed by atoms with Gasteiger partial charge in [0.25, 0.3) is 0 Å². The lowest BCUT2D eigenvalue weighted by molar-refractivity contribution is -0.116. The average Bonchev–Trinajstić information content (AvgIpc) is 2.93. The lowest BCUT2D eigenvalue weighted by Crippen LogP contribution is -2.31. The maximum atomic E-state index is 12.4. The zero-order valence-electron chi connectivity index (χ0n) is 20.2. The Balaban J connectivity index is 1.46. The number of aliphatic imine (C=N–C) groups is 1. The van der Waals surface area contributed by atoms with Gasteiger partial charge in [-0.1, -0.05) is 66.7 Å². The van der Waals surface area contributed by atoms with Crippen LogP contribution in [0.4, 0.5) is 5.69 Å². The number of pyridine rings is 1. The molecule has 1 amide bonds. The van der Waals surface area contributed by atoms with Crippen LogP contribution in [0.5, 0.6) is 0 Å². The van der Waals surface area contributed by atoms with Gasteiger partial charge < -0.3 is 15.4 Å². The van der Waals surface area contributed by atoms with Crippen molar-refractivity contribution in [3.8, 4) is 0 Å². The molecule has 3 aromatic carbocycles. The molecule has 0 bridgehead atoms. The third kappa shape index (κ3) is 7.78. The molecular weight excluding hydrogens is 484 g/mol. The highest BCUT2D eigenvalue weighted by Crippen LogP contribution is 2.22. The van der Waals surface area contributed by atoms with Crippen LogP contribution in [-0.4, -0.2) is 34.1 Å². The minimum atomic E-state index is -0.546. The smallest absolute Gasteiger partial charge is 0.338 e. The Labute approximate surface area is 219 Å². The first-order chi connectivity index (χ1) is 18.1. The normalized spacial score (nSPS) is 12.3. The molecule has 2 N–H and O–H groups in total. The van der Waals surface area contributed by atoms with Crippen molar-refractivity contribution in [2.45, 2.75) is 13.1 Å². The van der Waals surface area contributed by atoms with E-state index in [2.05, 4.69) is 20.6 Å². The highest BCUT2D eigenvalue weighted by molar-refractivity contribution is 8.14. The molecule has 0 spiro atoms. The lowest BCUT2D eigenvalue weighted by Gasteiger charge is -2.15. The fourth-order valence-electron chi connectivity index (χ4n) is 3.42. The number of amides is 1. The minimum Gasteiger partial charge on any atom is -0.451 e. The topological polar surface area (TPSA) is 92.7 Å². The van der Waals surface area contributed by atoms with Crippen molar-refractivity contribution >= 4 is 51.5 Å². The summed E-state index contributed by atoms with van der Waals surface area (Å²) < 4.78 is 5.42. The lowest BCUT2D eigenvalue weighted by atomic mass is 10.2. The van der Waals surface area contributed by atoms with Crippen LogP contribution < -0.4 is 10.6 Å². The number of fused-ring (bicyclic) bond motifs is 1. The van der Waals surface area contributed by atoms with Gasteiger partial charge in [-0.2, -0.15) is 0 Å². The van der Waals surface area contributed by atoms with Crippen LogP contribution in [0.2, 0.25) is 0 Å². The van der Waals surface area contributed by atoms with Crippen LogP contribution in [0.1, 0.15) is 22.8 Å². The zero-order chi connectivity index (χ0) is 25.9. The van der Waals surface area contributed by atoms with Gasteiger partial charge in [0.2, 0.25) is 5.91 Å². The number of rotatable bonds is 8. The Bertz CT molecular complexity index is 1400. The van der Waals surface area contributed by atoms with Crippen molar-refractivity contribution < 1.29 is 14.3 Å². The summed E-state index contributed by atoms with van der Waals surface area (Å²) >= 11 is 1.21. The molecule has 0 saturated heterocycles. The first kappa shape index (κ1) is 25.7. The molecule has 0 radical (unpaired) electrons. The van der Waals surface area contributed by atoms with Crippen LogP contribution in [0.15, 0.2) is 108 Å². The predicted molar refractivity (Wildman–Crippen MR) is 150 cm³/mol. The number of nitrogens with zero attached hydrogens (tertiary/aromatic N) is 2. The third-order valence-corrected chi connectivity index (χ3v) is 5.87. The van der Waals surface area contributed by atoms with E-state index in [4.69, 9.17) is 4.74 Å². The fraction of sp³-hybridized carbons (Fsp3) is 0.103. The van der Waals surface area contributed by atoms with Crippen molar-refractivity contribution in [1.82, 2.24) is 10.3 Å². The molecule has 7 nitrogen and oxygen atoms in total. The van der Waals surface area contributed by atoms with Crippen molar-refractivity contribution in [2.24, 2.45) is 4.99 Å². The van der Waals surface area contributed by atoms with Gasteiger partial charge in [0.15, 0.2) is 5.17 Å². The number of thioether (sulfide) groups is 1. The molecule has 0 aliphatic rings. The molecule has 186 valence electrons. The highest BCUT2D eigenvalue weighted by Gasteiger charge is 2.12. The molecule has 1 atom stereocenters. The second-order valence-electron chi connectivity index (χ2n) is 7.93. The van der Waals surface area contributed by atoms with Crippen LogP contribution >= 0.6 is 11.8 Å². The number of anilines is 1. The van der Waals surface area contributed by atoms with E-state index < -0.39 is 12.1 Å². The number of carbonyl (C=O) groups is 2. The second kappa shape index (κ2) is 13.0. The van der Waals surface area contributed by atoms with Gasteiger partial charge in [0.1, 0.15) is 12.1 Å². The summed E-state index contributed by atoms with van der Waals surface area (Å²) in [4.78, 5) is 33.9. The number of amidine groups is 1. The number of hydrogen-bond donors (Lipinski definition) is 2. The molecule has 37 heavy (non-hydrogen) atoms. The number of esters is 1. The van der Waals surface area contributed by atoms with E-state index in [-0.39, 0.29) is 11.8 Å². The Morgan fingerprint density at radius 1 is 0.973 bits per heavy atom. The number of ether oxygens (including phenoxy) is 1. The van der Waals surface area contributed by atoms with Gasteiger partial charge in [-0.05, 0) is 54.6 Å². The molecule has 0 aliphatic heterocycles. The van der Waals surface area contributed by atoms with Gasteiger partial charge >= 0.3 is 5.97 Å². The van der Waals surface area contributed by atoms with Crippen LogP contribution in [0.25, 0.3) is 17.0 Å². The molecule has 1 heterocycles. The highest BCUT2D eigenvalue weighted by atomic mass is 32.2. The summed E-state index contributed by atoms with van der Waals surface area (Å²) in [6, 6.07) is 28.0. The molecule has 8 heteroatoms. The molecule has 0 aliphatic carbocycles. The van der Waals surface area contributed by atoms with Crippen LogP contribution in [-0.2, 0) is 9.53 Å². The van der Waals surface area contributed by atoms with Crippen molar-refractivity contribution in [3.63, 3.8) is 0 Å². The van der Waals surface area contributed by atoms with E-state index >= 15 is 0 Å². The van der Waals surface area contributed by atoms with E-state index in [0.29, 0.717) is 10.7 Å². The molecule has 4 rings (SSSR count). The first-order valence-corrected chi connectivity index (χ1v) is 12.6. The van der Waals surface area contributed by atoms with Gasteiger partial charge in [-0.15, -0.1) is 0 Å². The summed E-state index contributed by atoms with van der Waals surface area (Å²) in [5.74, 6) is -0.662. The standard InChI is InChI=1S/C29H26N4O3S/c1-21(31-26(34)18-17-22-10-4-2-5-11-22)32-29(37-20-36-28(35)24-12-6-3-7-13-24)33-25-16-8-14-23-15-9-19-30-27(23)25/h2-19,21H,20H2,1H3,(H,31,34)(H,32,33)/b18-17+. The summed E-state index contributed by atoms with van der Waals surface area (Å²) in [7, 11) is 0. The van der Waals surface area contributed by atoms with Crippen molar-refractivity contribution in [3.05, 3.63) is 114 Å². The molecule has 4 aromatic rings. The number of hydrogen-bond acceptors (Lipinski definition) is 6. The van der Waals surface area contributed by atoms with E-state index in [1.807, 2.05) is 66.7 Å². The van der Waals surface area contributed by atoms with Crippen LogP contribution in [0.3, 0.4) is 0 Å². The minimum absolute atomic E-state index is 0.0341. The SMILES string of the molecule is CC(N=C(Nc1cccc2cccnc12)SCOC(=O)c1ccccc1)NC(=O)/C=C/c1ccccc1. The van der Waals surface area contributed by atoms with Crippen LogP contribution in [0, 0.1) is 0 Å².